The Morgan fingerprint density at radius 2 is 2.14 bits per heavy atom. The average Bonchev–Trinajstić information content (AvgIpc) is 2.06. The van der Waals surface area contributed by atoms with Gasteiger partial charge in [0.15, 0.2) is 0 Å². The second kappa shape index (κ2) is 4.40. The van der Waals surface area contributed by atoms with Gasteiger partial charge in [0.1, 0.15) is 12.0 Å². The molecule has 0 heterocycles. The van der Waals surface area contributed by atoms with Crippen molar-refractivity contribution in [2.24, 2.45) is 4.99 Å². The first-order valence-electron chi connectivity index (χ1n) is 4.06. The number of hydrogen-bond acceptors (Lipinski definition) is 3. The molecule has 5 heteroatoms. The molecule has 1 aromatic rings. The topological polar surface area (TPSA) is 69.9 Å². The van der Waals surface area contributed by atoms with Gasteiger partial charge in [-0.2, -0.15) is 0 Å². The van der Waals surface area contributed by atoms with E-state index in [1.165, 1.54) is 18.9 Å². The van der Waals surface area contributed by atoms with Crippen LogP contribution in [0.4, 0.5) is 0 Å². The van der Waals surface area contributed by atoms with Gasteiger partial charge in [-0.05, 0) is 12.1 Å². The molecule has 14 heavy (non-hydrogen) atoms. The lowest BCUT2D eigenvalue weighted by atomic mass is 10.2. The number of benzene rings is 1. The average molecular weight is 213 g/mol. The standard InChI is InChI=1S/C9H12NO3P/c1-14(12,13)7-10-6-8-4-2-3-5-9(8)11/h2-6,11H,7H2,1H3,(H,12,13)/b10-6+. The summed E-state index contributed by atoms with van der Waals surface area (Å²) in [6, 6.07) is 6.66. The highest BCUT2D eigenvalue weighted by Gasteiger charge is 2.06. The minimum Gasteiger partial charge on any atom is -0.507 e. The van der Waals surface area contributed by atoms with Crippen LogP contribution in [-0.2, 0) is 4.57 Å². The quantitative estimate of drug-likeness (QED) is 0.592. The Kier molecular flexibility index (Phi) is 3.44. The summed E-state index contributed by atoms with van der Waals surface area (Å²) in [5, 5.41) is 9.32. The first-order chi connectivity index (χ1) is 6.49. The van der Waals surface area contributed by atoms with Crippen molar-refractivity contribution in [1.82, 2.24) is 0 Å². The van der Waals surface area contributed by atoms with Crippen LogP contribution >= 0.6 is 7.37 Å². The van der Waals surface area contributed by atoms with Crippen molar-refractivity contribution in [3.8, 4) is 5.75 Å². The first-order valence-corrected chi connectivity index (χ1v) is 6.35. The zero-order chi connectivity index (χ0) is 10.6. The molecule has 0 radical (unpaired) electrons. The van der Waals surface area contributed by atoms with E-state index >= 15 is 0 Å². The lowest BCUT2D eigenvalue weighted by Crippen LogP contribution is -1.86. The normalized spacial score (nSPS) is 15.6. The molecule has 0 aliphatic carbocycles. The lowest BCUT2D eigenvalue weighted by molar-refractivity contribution is 0.474. The van der Waals surface area contributed by atoms with Gasteiger partial charge in [-0.1, -0.05) is 12.1 Å². The molecule has 0 bridgehead atoms. The van der Waals surface area contributed by atoms with Gasteiger partial charge < -0.3 is 10.00 Å². The van der Waals surface area contributed by atoms with E-state index in [9.17, 15) is 9.67 Å². The third kappa shape index (κ3) is 3.73. The van der Waals surface area contributed by atoms with E-state index in [1.54, 1.807) is 18.2 Å². The van der Waals surface area contributed by atoms with Crippen LogP contribution in [0.25, 0.3) is 0 Å². The van der Waals surface area contributed by atoms with Gasteiger partial charge in [0, 0.05) is 18.4 Å². The number of nitrogens with zero attached hydrogens (tertiary/aromatic N) is 1. The largest absolute Gasteiger partial charge is 0.507 e. The van der Waals surface area contributed by atoms with Crippen molar-refractivity contribution in [3.63, 3.8) is 0 Å². The van der Waals surface area contributed by atoms with Gasteiger partial charge in [-0.25, -0.2) is 0 Å². The van der Waals surface area contributed by atoms with Crippen LogP contribution in [0.1, 0.15) is 5.56 Å². The minimum atomic E-state index is -3.10. The lowest BCUT2D eigenvalue weighted by Gasteiger charge is -1.99. The van der Waals surface area contributed by atoms with E-state index in [2.05, 4.69) is 4.99 Å². The number of rotatable bonds is 3. The first kappa shape index (κ1) is 11.0. The molecule has 0 saturated carbocycles. The fourth-order valence-electron chi connectivity index (χ4n) is 0.887. The van der Waals surface area contributed by atoms with Gasteiger partial charge in [-0.15, -0.1) is 0 Å². The molecule has 1 atom stereocenters. The van der Waals surface area contributed by atoms with Crippen LogP contribution in [-0.4, -0.2) is 29.2 Å². The Balaban J connectivity index is 2.70. The SMILES string of the molecule is CP(=O)(O)C/N=C/c1ccccc1O. The Labute approximate surface area is 82.4 Å². The summed E-state index contributed by atoms with van der Waals surface area (Å²) in [7, 11) is -3.10. The molecule has 1 unspecified atom stereocenters. The maximum absolute atomic E-state index is 10.9. The molecule has 1 rings (SSSR count). The fraction of sp³-hybridized carbons (Fsp3) is 0.222. The monoisotopic (exact) mass is 213 g/mol. The maximum Gasteiger partial charge on any atom is 0.218 e. The molecule has 0 aromatic heterocycles. The molecule has 2 N–H and O–H groups in total. The summed E-state index contributed by atoms with van der Waals surface area (Å²) in [6.07, 6.45) is 1.27. The summed E-state index contributed by atoms with van der Waals surface area (Å²) < 4.78 is 10.9. The summed E-state index contributed by atoms with van der Waals surface area (Å²) in [4.78, 5) is 12.7. The number of aromatic hydroxyl groups is 1. The molecular weight excluding hydrogens is 201 g/mol. The molecule has 0 spiro atoms. The van der Waals surface area contributed by atoms with E-state index in [4.69, 9.17) is 4.89 Å². The number of hydrogen-bond donors (Lipinski definition) is 2. The molecule has 0 saturated heterocycles. The van der Waals surface area contributed by atoms with Gasteiger partial charge in [0.2, 0.25) is 7.37 Å². The summed E-state index contributed by atoms with van der Waals surface area (Å²) in [5.74, 6) is 0.111. The molecule has 0 aliphatic heterocycles. The summed E-state index contributed by atoms with van der Waals surface area (Å²) >= 11 is 0. The van der Waals surface area contributed by atoms with Crippen LogP contribution < -0.4 is 0 Å². The molecule has 0 amide bonds. The van der Waals surface area contributed by atoms with Crippen molar-refractivity contribution in [3.05, 3.63) is 29.8 Å². The van der Waals surface area contributed by atoms with Crippen LogP contribution in [0, 0.1) is 0 Å². The number of phenolic OH excluding ortho intramolecular Hbond substituents is 1. The third-order valence-corrected chi connectivity index (χ3v) is 2.20. The number of aliphatic imine (C=N–C) groups is 1. The second-order valence-corrected chi connectivity index (χ2v) is 5.45. The fourth-order valence-corrected chi connectivity index (χ4v) is 1.27. The predicted octanol–water partition coefficient (Wildman–Crippen LogP) is 1.67. The van der Waals surface area contributed by atoms with Crippen LogP contribution in [0.3, 0.4) is 0 Å². The number of para-hydroxylation sites is 1. The van der Waals surface area contributed by atoms with Crippen LogP contribution in [0.2, 0.25) is 0 Å². The highest BCUT2D eigenvalue weighted by Crippen LogP contribution is 2.34. The molecular formula is C9H12NO3P. The van der Waals surface area contributed by atoms with Crippen molar-refractivity contribution < 1.29 is 14.6 Å². The van der Waals surface area contributed by atoms with Gasteiger partial charge >= 0.3 is 0 Å². The van der Waals surface area contributed by atoms with Crippen molar-refractivity contribution in [1.29, 1.82) is 0 Å². The molecule has 4 nitrogen and oxygen atoms in total. The maximum atomic E-state index is 10.9. The Morgan fingerprint density at radius 3 is 2.71 bits per heavy atom. The predicted molar refractivity (Wildman–Crippen MR) is 56.3 cm³/mol. The summed E-state index contributed by atoms with van der Waals surface area (Å²) in [6.45, 7) is 1.25. The highest BCUT2D eigenvalue weighted by atomic mass is 31.2. The zero-order valence-electron chi connectivity index (χ0n) is 7.79. The molecule has 76 valence electrons. The Hall–Kier alpha value is -1.12. The number of phenols is 1. The van der Waals surface area contributed by atoms with E-state index in [1.807, 2.05) is 0 Å². The van der Waals surface area contributed by atoms with Gasteiger partial charge in [-0.3, -0.25) is 9.56 Å². The van der Waals surface area contributed by atoms with Crippen LogP contribution in [0.15, 0.2) is 29.3 Å². The summed E-state index contributed by atoms with van der Waals surface area (Å²) in [5.41, 5.74) is 0.543. The van der Waals surface area contributed by atoms with E-state index < -0.39 is 7.37 Å². The van der Waals surface area contributed by atoms with Crippen LogP contribution in [0.5, 0.6) is 5.75 Å². The van der Waals surface area contributed by atoms with E-state index in [0.717, 1.165) is 0 Å². The molecule has 1 aromatic carbocycles. The Morgan fingerprint density at radius 1 is 1.50 bits per heavy atom. The third-order valence-electron chi connectivity index (χ3n) is 1.51. The molecule has 0 aliphatic rings. The second-order valence-electron chi connectivity index (χ2n) is 3.06. The van der Waals surface area contributed by atoms with Gasteiger partial charge in [0.05, 0.1) is 0 Å². The van der Waals surface area contributed by atoms with E-state index in [-0.39, 0.29) is 12.0 Å². The minimum absolute atomic E-state index is 0.111. The van der Waals surface area contributed by atoms with Crippen molar-refractivity contribution in [2.45, 2.75) is 0 Å². The van der Waals surface area contributed by atoms with Crippen molar-refractivity contribution >= 4 is 13.6 Å². The van der Waals surface area contributed by atoms with Gasteiger partial charge in [0.25, 0.3) is 0 Å². The molecule has 0 fully saturated rings. The van der Waals surface area contributed by atoms with Crippen molar-refractivity contribution in [2.75, 3.05) is 13.0 Å². The smallest absolute Gasteiger partial charge is 0.218 e. The zero-order valence-corrected chi connectivity index (χ0v) is 8.69. The Bertz CT molecular complexity index is 383. The highest BCUT2D eigenvalue weighted by molar-refractivity contribution is 7.57. The van der Waals surface area contributed by atoms with E-state index in [0.29, 0.717) is 5.56 Å².